The van der Waals surface area contributed by atoms with Gasteiger partial charge in [-0.05, 0) is 6.42 Å². The molecule has 0 aliphatic rings. The van der Waals surface area contributed by atoms with Gasteiger partial charge in [0.2, 0.25) is 0 Å². The first-order valence-electron chi connectivity index (χ1n) is 2.99. The van der Waals surface area contributed by atoms with Gasteiger partial charge in [-0.1, -0.05) is 6.92 Å². The summed E-state index contributed by atoms with van der Waals surface area (Å²) in [6, 6.07) is 0.144. The maximum Gasteiger partial charge on any atom is 0.109 e. The Kier molecular flexibility index (Phi) is 8.56. The van der Waals surface area contributed by atoms with E-state index in [1.807, 2.05) is 5.38 Å². The molecule has 0 saturated carbocycles. The van der Waals surface area contributed by atoms with Crippen molar-refractivity contribution in [3.63, 3.8) is 0 Å². The van der Waals surface area contributed by atoms with Gasteiger partial charge in [0.15, 0.2) is 0 Å². The second-order valence-corrected chi connectivity index (χ2v) is 2.81. The van der Waals surface area contributed by atoms with Gasteiger partial charge in [0.05, 0.1) is 6.04 Å². The van der Waals surface area contributed by atoms with Crippen LogP contribution in [0.1, 0.15) is 24.4 Å². The van der Waals surface area contributed by atoms with Crippen molar-refractivity contribution in [1.29, 1.82) is 0 Å². The average molecular weight is 215 g/mol. The number of hydrogen-bond donors (Lipinski definition) is 1. The lowest BCUT2D eigenvalue weighted by atomic mass is 10.3. The van der Waals surface area contributed by atoms with Gasteiger partial charge < -0.3 is 5.73 Å². The van der Waals surface area contributed by atoms with Crippen molar-refractivity contribution in [2.45, 2.75) is 19.4 Å². The lowest BCUT2D eigenvalue weighted by Gasteiger charge is -2.01. The molecule has 1 aromatic heterocycles. The average Bonchev–Trinajstić information content (AvgIpc) is 2.37. The number of aromatic nitrogens is 1. The second-order valence-electron chi connectivity index (χ2n) is 1.89. The summed E-state index contributed by atoms with van der Waals surface area (Å²) in [5, 5.41) is 2.99. The van der Waals surface area contributed by atoms with Gasteiger partial charge >= 0.3 is 0 Å². The van der Waals surface area contributed by atoms with E-state index in [0.717, 1.165) is 11.4 Å². The molecule has 1 aromatic rings. The van der Waals surface area contributed by atoms with Crippen LogP contribution in [0.25, 0.3) is 0 Å². The van der Waals surface area contributed by atoms with Crippen LogP contribution in [0.15, 0.2) is 11.6 Å². The highest BCUT2D eigenvalue weighted by Crippen LogP contribution is 2.14. The predicted molar refractivity (Wildman–Crippen MR) is 53.8 cm³/mol. The number of halogens is 2. The Balaban J connectivity index is 0. The van der Waals surface area contributed by atoms with Crippen molar-refractivity contribution in [3.05, 3.63) is 16.6 Å². The van der Waals surface area contributed by atoms with Crippen molar-refractivity contribution in [1.82, 2.24) is 4.98 Å². The van der Waals surface area contributed by atoms with Crippen LogP contribution in [0, 0.1) is 0 Å². The van der Waals surface area contributed by atoms with E-state index >= 15 is 0 Å². The molecule has 0 radical (unpaired) electrons. The van der Waals surface area contributed by atoms with Crippen molar-refractivity contribution in [2.75, 3.05) is 0 Å². The predicted octanol–water partition coefficient (Wildman–Crippen LogP) is 2.40. The van der Waals surface area contributed by atoms with Crippen LogP contribution in [0.3, 0.4) is 0 Å². The number of rotatable bonds is 2. The van der Waals surface area contributed by atoms with Gasteiger partial charge in [-0.3, -0.25) is 0 Å². The standard InChI is InChI=1S/C6H10N2S.2ClH/c1-2-5(7)6-8-3-4-9-6;;/h3-5H,2,7H2,1H3;2*1H/t5-;;/m1../s1. The first-order chi connectivity index (χ1) is 4.34. The van der Waals surface area contributed by atoms with Crippen molar-refractivity contribution >= 4 is 36.2 Å². The lowest BCUT2D eigenvalue weighted by molar-refractivity contribution is 0.693. The normalized spacial score (nSPS) is 11.1. The van der Waals surface area contributed by atoms with E-state index in [1.165, 1.54) is 0 Å². The SMILES string of the molecule is CC[C@@H](N)c1nccs1.Cl.Cl. The van der Waals surface area contributed by atoms with Gasteiger partial charge in [-0.15, -0.1) is 36.2 Å². The van der Waals surface area contributed by atoms with Crippen LogP contribution in [-0.2, 0) is 0 Å². The largest absolute Gasteiger partial charge is 0.322 e. The molecule has 2 nitrogen and oxygen atoms in total. The molecular formula is C6H12Cl2N2S. The molecule has 0 saturated heterocycles. The molecule has 0 aliphatic heterocycles. The summed E-state index contributed by atoms with van der Waals surface area (Å²) in [6.07, 6.45) is 2.75. The van der Waals surface area contributed by atoms with E-state index in [1.54, 1.807) is 17.5 Å². The molecule has 5 heteroatoms. The summed E-state index contributed by atoms with van der Waals surface area (Å²) in [4.78, 5) is 4.08. The Bertz CT molecular complexity index is 167. The van der Waals surface area contributed by atoms with Crippen LogP contribution >= 0.6 is 36.2 Å². The van der Waals surface area contributed by atoms with E-state index in [0.29, 0.717) is 0 Å². The van der Waals surface area contributed by atoms with Crippen LogP contribution < -0.4 is 5.73 Å². The third-order valence-electron chi connectivity index (χ3n) is 1.21. The number of hydrogen-bond acceptors (Lipinski definition) is 3. The molecule has 0 bridgehead atoms. The monoisotopic (exact) mass is 214 g/mol. The zero-order valence-electron chi connectivity index (χ0n) is 6.19. The van der Waals surface area contributed by atoms with E-state index < -0.39 is 0 Å². The van der Waals surface area contributed by atoms with Crippen molar-refractivity contribution in [2.24, 2.45) is 5.73 Å². The minimum Gasteiger partial charge on any atom is -0.322 e. The molecule has 66 valence electrons. The van der Waals surface area contributed by atoms with Crippen LogP contribution in [0.4, 0.5) is 0 Å². The molecule has 0 amide bonds. The minimum absolute atomic E-state index is 0. The Labute approximate surface area is 83.0 Å². The maximum atomic E-state index is 5.69. The quantitative estimate of drug-likeness (QED) is 0.822. The molecule has 2 N–H and O–H groups in total. The van der Waals surface area contributed by atoms with E-state index in [4.69, 9.17) is 5.73 Å². The Hall–Kier alpha value is 0.170. The van der Waals surface area contributed by atoms with Crippen LogP contribution in [0.5, 0.6) is 0 Å². The summed E-state index contributed by atoms with van der Waals surface area (Å²) < 4.78 is 0. The topological polar surface area (TPSA) is 38.9 Å². The minimum atomic E-state index is 0. The molecule has 11 heavy (non-hydrogen) atoms. The third kappa shape index (κ3) is 3.91. The fourth-order valence-electron chi connectivity index (χ4n) is 0.592. The number of thiazole rings is 1. The zero-order chi connectivity index (χ0) is 6.69. The number of nitrogens with zero attached hydrogens (tertiary/aromatic N) is 1. The zero-order valence-corrected chi connectivity index (χ0v) is 8.64. The molecule has 0 unspecified atom stereocenters. The highest BCUT2D eigenvalue weighted by molar-refractivity contribution is 7.09. The summed E-state index contributed by atoms with van der Waals surface area (Å²) in [5.41, 5.74) is 5.69. The summed E-state index contributed by atoms with van der Waals surface area (Å²) >= 11 is 1.62. The van der Waals surface area contributed by atoms with Gasteiger partial charge in [-0.25, -0.2) is 4.98 Å². The second kappa shape index (κ2) is 6.85. The summed E-state index contributed by atoms with van der Waals surface area (Å²) in [7, 11) is 0. The Morgan fingerprint density at radius 2 is 2.27 bits per heavy atom. The molecule has 1 atom stereocenters. The van der Waals surface area contributed by atoms with Crippen LogP contribution in [0.2, 0.25) is 0 Å². The highest BCUT2D eigenvalue weighted by Gasteiger charge is 2.03. The summed E-state index contributed by atoms with van der Waals surface area (Å²) in [6.45, 7) is 2.06. The molecule has 0 spiro atoms. The van der Waals surface area contributed by atoms with Crippen molar-refractivity contribution in [3.8, 4) is 0 Å². The summed E-state index contributed by atoms with van der Waals surface area (Å²) in [5.74, 6) is 0. The lowest BCUT2D eigenvalue weighted by Crippen LogP contribution is -2.07. The van der Waals surface area contributed by atoms with Crippen LogP contribution in [-0.4, -0.2) is 4.98 Å². The number of nitrogens with two attached hydrogens (primary N) is 1. The van der Waals surface area contributed by atoms with Gasteiger partial charge in [0, 0.05) is 11.6 Å². The van der Waals surface area contributed by atoms with E-state index in [2.05, 4.69) is 11.9 Å². The van der Waals surface area contributed by atoms with E-state index in [-0.39, 0.29) is 30.9 Å². The molecule has 0 fully saturated rings. The van der Waals surface area contributed by atoms with Crippen molar-refractivity contribution < 1.29 is 0 Å². The Morgan fingerprint density at radius 3 is 2.64 bits per heavy atom. The molecule has 1 heterocycles. The first kappa shape index (κ1) is 13.7. The smallest absolute Gasteiger partial charge is 0.109 e. The first-order valence-corrected chi connectivity index (χ1v) is 3.87. The molecular weight excluding hydrogens is 203 g/mol. The highest BCUT2D eigenvalue weighted by atomic mass is 35.5. The molecule has 1 rings (SSSR count). The third-order valence-corrected chi connectivity index (χ3v) is 2.12. The fraction of sp³-hybridized carbons (Fsp3) is 0.500. The fourth-order valence-corrected chi connectivity index (χ4v) is 1.32. The van der Waals surface area contributed by atoms with E-state index in [9.17, 15) is 0 Å². The van der Waals surface area contributed by atoms with Gasteiger partial charge in [0.1, 0.15) is 5.01 Å². The maximum absolute atomic E-state index is 5.69. The van der Waals surface area contributed by atoms with Gasteiger partial charge in [0.25, 0.3) is 0 Å². The molecule has 0 aromatic carbocycles. The molecule has 0 aliphatic carbocycles. The Morgan fingerprint density at radius 1 is 1.64 bits per heavy atom. The van der Waals surface area contributed by atoms with Gasteiger partial charge in [-0.2, -0.15) is 0 Å².